The van der Waals surface area contributed by atoms with Gasteiger partial charge in [-0.25, -0.2) is 9.98 Å². The van der Waals surface area contributed by atoms with Crippen LogP contribution in [0.25, 0.3) is 0 Å². The van der Waals surface area contributed by atoms with Crippen LogP contribution in [0.1, 0.15) is 16.7 Å². The Hall–Kier alpha value is -1.97. The minimum Gasteiger partial charge on any atom is -0.314 e. The molecule has 1 aromatic heterocycles. The number of amides is 1. The van der Waals surface area contributed by atoms with Gasteiger partial charge in [0.05, 0.1) is 11.8 Å². The van der Waals surface area contributed by atoms with Crippen LogP contribution in [-0.4, -0.2) is 21.2 Å². The lowest BCUT2D eigenvalue weighted by Crippen LogP contribution is -2.26. The van der Waals surface area contributed by atoms with Gasteiger partial charge in [-0.05, 0) is 6.08 Å². The summed E-state index contributed by atoms with van der Waals surface area (Å²) in [5, 5.41) is 0. The van der Waals surface area contributed by atoms with Crippen LogP contribution in [0.2, 0.25) is 0 Å². The van der Waals surface area contributed by atoms with Crippen molar-refractivity contribution in [3.8, 4) is 0 Å². The fourth-order valence-corrected chi connectivity index (χ4v) is 1.73. The molecule has 4 nitrogen and oxygen atoms in total. The summed E-state index contributed by atoms with van der Waals surface area (Å²) >= 11 is 0. The van der Waals surface area contributed by atoms with Gasteiger partial charge in [0.15, 0.2) is 0 Å². The zero-order valence-electron chi connectivity index (χ0n) is 7.29. The number of hydrogen-bond acceptors (Lipinski definition) is 2. The summed E-state index contributed by atoms with van der Waals surface area (Å²) in [5.74, 6) is 0.153. The van der Waals surface area contributed by atoms with Crippen LogP contribution >= 0.6 is 0 Å². The molecule has 4 heteroatoms. The highest BCUT2D eigenvalue weighted by Gasteiger charge is 2.26. The Labute approximate surface area is 80.3 Å². The molecule has 0 bridgehead atoms. The molecular weight excluding hydrogens is 178 g/mol. The lowest BCUT2D eigenvalue weighted by molar-refractivity contribution is 0.0984. The molecule has 2 aliphatic rings. The number of aromatic nitrogens is 2. The first-order valence-corrected chi connectivity index (χ1v) is 4.37. The van der Waals surface area contributed by atoms with E-state index < -0.39 is 0 Å². The summed E-state index contributed by atoms with van der Waals surface area (Å²) in [4.78, 5) is 19.4. The smallest absolute Gasteiger partial charge is 0.313 e. The third-order valence-electron chi connectivity index (χ3n) is 2.36. The highest BCUT2D eigenvalue weighted by atomic mass is 16.1. The molecule has 14 heavy (non-hydrogen) atoms. The normalized spacial score (nSPS) is 23.0. The van der Waals surface area contributed by atoms with Gasteiger partial charge in [0, 0.05) is 12.4 Å². The molecule has 0 radical (unpaired) electrons. The van der Waals surface area contributed by atoms with Crippen molar-refractivity contribution >= 4 is 11.6 Å². The fraction of sp³-hybridized carbons (Fsp3) is 0.100. The van der Waals surface area contributed by atoms with Crippen molar-refractivity contribution in [2.45, 2.75) is 6.04 Å². The average Bonchev–Trinajstić information content (AvgIpc) is 2.67. The molecule has 0 fully saturated rings. The van der Waals surface area contributed by atoms with Crippen LogP contribution in [0.5, 0.6) is 0 Å². The molecule has 0 saturated carbocycles. The van der Waals surface area contributed by atoms with Gasteiger partial charge in [-0.2, -0.15) is 0 Å². The first kappa shape index (κ1) is 7.44. The van der Waals surface area contributed by atoms with E-state index in [2.05, 4.69) is 9.98 Å². The zero-order chi connectivity index (χ0) is 9.54. The van der Waals surface area contributed by atoms with Gasteiger partial charge in [0.1, 0.15) is 0 Å². The maximum atomic E-state index is 11.5. The third kappa shape index (κ3) is 0.849. The third-order valence-corrected chi connectivity index (χ3v) is 2.36. The Balaban J connectivity index is 2.23. The summed E-state index contributed by atoms with van der Waals surface area (Å²) < 4.78 is 1.84. The second kappa shape index (κ2) is 2.51. The van der Waals surface area contributed by atoms with Gasteiger partial charge in [-0.3, -0.25) is 4.79 Å². The Kier molecular flexibility index (Phi) is 1.33. The topological polar surface area (TPSA) is 47.2 Å². The van der Waals surface area contributed by atoms with Crippen LogP contribution in [0.15, 0.2) is 41.7 Å². The highest BCUT2D eigenvalue weighted by molar-refractivity contribution is 6.12. The largest absolute Gasteiger partial charge is 0.314 e. The molecule has 0 spiro atoms. The molecule has 0 aromatic carbocycles. The van der Waals surface area contributed by atoms with Gasteiger partial charge < -0.3 is 4.57 Å². The summed E-state index contributed by atoms with van der Waals surface area (Å²) in [6, 6.07) is 0.0372. The maximum Gasteiger partial charge on any atom is 0.313 e. The van der Waals surface area contributed by atoms with Crippen LogP contribution in [-0.2, 0) is 0 Å². The van der Waals surface area contributed by atoms with E-state index in [0.29, 0.717) is 5.82 Å². The number of imidazole rings is 1. The Morgan fingerprint density at radius 3 is 3.21 bits per heavy atom. The molecule has 1 atom stereocenters. The highest BCUT2D eigenvalue weighted by Crippen LogP contribution is 2.22. The summed E-state index contributed by atoms with van der Waals surface area (Å²) in [6.07, 6.45) is 11.1. The van der Waals surface area contributed by atoms with Gasteiger partial charge >= 0.3 is 5.91 Å². The van der Waals surface area contributed by atoms with E-state index in [1.54, 1.807) is 12.4 Å². The lowest BCUT2D eigenvalue weighted by Gasteiger charge is -2.22. The van der Waals surface area contributed by atoms with Crippen molar-refractivity contribution in [1.82, 2.24) is 9.55 Å². The second-order valence-corrected chi connectivity index (χ2v) is 3.19. The Bertz CT molecular complexity index is 493. The number of fused-ring (bicyclic) bond motifs is 3. The van der Waals surface area contributed by atoms with Gasteiger partial charge in [0.2, 0.25) is 5.82 Å². The number of allylic oxidation sites excluding steroid dienone is 4. The number of carbonyl (C=O) groups excluding carboxylic acids is 1. The quantitative estimate of drug-likeness (QED) is 0.608. The van der Waals surface area contributed by atoms with Crippen molar-refractivity contribution in [3.05, 3.63) is 42.5 Å². The Morgan fingerprint density at radius 1 is 1.36 bits per heavy atom. The van der Waals surface area contributed by atoms with Gasteiger partial charge in [0.25, 0.3) is 0 Å². The first-order chi connectivity index (χ1) is 6.86. The number of nitrogens with zero attached hydrogens (tertiary/aromatic N) is 3. The summed E-state index contributed by atoms with van der Waals surface area (Å²) in [6.45, 7) is 0. The maximum absolute atomic E-state index is 11.5. The summed E-state index contributed by atoms with van der Waals surface area (Å²) in [7, 11) is 0. The van der Waals surface area contributed by atoms with Crippen molar-refractivity contribution < 1.29 is 4.79 Å². The minimum absolute atomic E-state index is 0.0372. The molecule has 68 valence electrons. The van der Waals surface area contributed by atoms with Crippen LogP contribution in [0, 0.1) is 0 Å². The zero-order valence-corrected chi connectivity index (χ0v) is 7.29. The second-order valence-electron chi connectivity index (χ2n) is 3.19. The predicted molar refractivity (Wildman–Crippen MR) is 51.3 cm³/mol. The summed E-state index contributed by atoms with van der Waals surface area (Å²) in [5.41, 5.74) is 0.781. The standard InChI is InChI=1S/C10H7N3O/c14-10-9-11-5-6-13(9)8-4-2-1-3-7(8)12-10/h1-6,8H. The van der Waals surface area contributed by atoms with E-state index >= 15 is 0 Å². The number of aliphatic imine (C=N–C) groups is 1. The Morgan fingerprint density at radius 2 is 2.29 bits per heavy atom. The lowest BCUT2D eigenvalue weighted by atomic mass is 10.0. The minimum atomic E-state index is -0.263. The molecule has 1 amide bonds. The van der Waals surface area contributed by atoms with Gasteiger partial charge in [-0.15, -0.1) is 0 Å². The molecular formula is C10H7N3O. The van der Waals surface area contributed by atoms with Crippen molar-refractivity contribution in [3.63, 3.8) is 0 Å². The van der Waals surface area contributed by atoms with Crippen LogP contribution in [0.4, 0.5) is 0 Å². The van der Waals surface area contributed by atoms with E-state index in [1.165, 1.54) is 0 Å². The van der Waals surface area contributed by atoms with E-state index in [0.717, 1.165) is 5.71 Å². The SMILES string of the molecule is O=C1N=C2C=CC=CC2n2ccnc21. The molecule has 3 rings (SSSR count). The van der Waals surface area contributed by atoms with Crippen molar-refractivity contribution in [1.29, 1.82) is 0 Å². The van der Waals surface area contributed by atoms with E-state index in [1.807, 2.05) is 28.9 Å². The molecule has 1 unspecified atom stereocenters. The number of rotatable bonds is 0. The fourth-order valence-electron chi connectivity index (χ4n) is 1.73. The predicted octanol–water partition coefficient (Wildman–Crippen LogP) is 1.15. The van der Waals surface area contributed by atoms with Gasteiger partial charge in [-0.1, -0.05) is 18.2 Å². The monoisotopic (exact) mass is 185 g/mol. The van der Waals surface area contributed by atoms with E-state index in [4.69, 9.17) is 0 Å². The molecule has 1 aliphatic heterocycles. The number of carbonyl (C=O) groups is 1. The van der Waals surface area contributed by atoms with Crippen LogP contribution in [0.3, 0.4) is 0 Å². The van der Waals surface area contributed by atoms with Crippen LogP contribution < -0.4 is 0 Å². The molecule has 1 aliphatic carbocycles. The van der Waals surface area contributed by atoms with Crippen molar-refractivity contribution in [2.75, 3.05) is 0 Å². The molecule has 2 heterocycles. The molecule has 0 N–H and O–H groups in total. The molecule has 0 saturated heterocycles. The van der Waals surface area contributed by atoms with E-state index in [9.17, 15) is 4.79 Å². The van der Waals surface area contributed by atoms with E-state index in [-0.39, 0.29) is 11.9 Å². The first-order valence-electron chi connectivity index (χ1n) is 4.37. The number of hydrogen-bond donors (Lipinski definition) is 0. The molecule has 1 aromatic rings. The average molecular weight is 185 g/mol. The van der Waals surface area contributed by atoms with Crippen molar-refractivity contribution in [2.24, 2.45) is 4.99 Å².